The van der Waals surface area contributed by atoms with Gasteiger partial charge in [-0.1, -0.05) is 0 Å². The number of nitrogens with zero attached hydrogens (tertiary/aromatic N) is 2. The molecular formula is C16H11FN2O. The van der Waals surface area contributed by atoms with Crippen LogP contribution in [0.5, 0.6) is 0 Å². The van der Waals surface area contributed by atoms with Crippen molar-refractivity contribution in [3.63, 3.8) is 0 Å². The van der Waals surface area contributed by atoms with Crippen molar-refractivity contribution in [3.05, 3.63) is 71.3 Å². The van der Waals surface area contributed by atoms with E-state index in [0.717, 1.165) is 5.52 Å². The zero-order chi connectivity index (χ0) is 14.1. The molecule has 0 radical (unpaired) electrons. The third-order valence-corrected chi connectivity index (χ3v) is 3.04. The molecule has 0 saturated heterocycles. The zero-order valence-corrected chi connectivity index (χ0v) is 10.8. The van der Waals surface area contributed by atoms with Crippen molar-refractivity contribution in [3.8, 4) is 0 Å². The summed E-state index contributed by atoms with van der Waals surface area (Å²) in [5.74, 6) is -0.630. The lowest BCUT2D eigenvalue weighted by atomic mass is 10.0. The molecule has 0 bridgehead atoms. The molecule has 0 fully saturated rings. The number of benzene rings is 2. The second kappa shape index (κ2) is 4.81. The second-order valence-corrected chi connectivity index (χ2v) is 4.61. The van der Waals surface area contributed by atoms with Gasteiger partial charge < -0.3 is 0 Å². The minimum absolute atomic E-state index is 0.222. The average Bonchev–Trinajstić information content (AvgIpc) is 2.45. The summed E-state index contributed by atoms with van der Waals surface area (Å²) < 4.78 is 13.4. The van der Waals surface area contributed by atoms with Gasteiger partial charge >= 0.3 is 0 Å². The Morgan fingerprint density at radius 3 is 2.45 bits per heavy atom. The normalized spacial score (nSPS) is 10.7. The summed E-state index contributed by atoms with van der Waals surface area (Å²) in [6, 6.07) is 9.40. The van der Waals surface area contributed by atoms with Gasteiger partial charge in [-0.15, -0.1) is 0 Å². The van der Waals surface area contributed by atoms with Gasteiger partial charge in [0.05, 0.1) is 11.0 Å². The molecule has 0 N–H and O–H groups in total. The molecule has 0 saturated carbocycles. The molecule has 3 rings (SSSR count). The van der Waals surface area contributed by atoms with Gasteiger partial charge in [-0.25, -0.2) is 4.39 Å². The van der Waals surface area contributed by atoms with Gasteiger partial charge in [0.1, 0.15) is 5.82 Å². The fourth-order valence-corrected chi connectivity index (χ4v) is 2.14. The number of halogens is 1. The standard InChI is InChI=1S/C16H11FN2O/c1-10-6-12(8-13(17)7-10)16(20)11-2-3-14-15(9-11)19-5-4-18-14/h2-9H,1H3. The first kappa shape index (κ1) is 12.4. The Labute approximate surface area is 115 Å². The monoisotopic (exact) mass is 266 g/mol. The number of hydrogen-bond donors (Lipinski definition) is 0. The number of aromatic nitrogens is 2. The topological polar surface area (TPSA) is 42.9 Å². The molecule has 3 nitrogen and oxygen atoms in total. The molecule has 0 unspecified atom stereocenters. The highest BCUT2D eigenvalue weighted by atomic mass is 19.1. The van der Waals surface area contributed by atoms with Crippen molar-refractivity contribution in [2.45, 2.75) is 6.92 Å². The lowest BCUT2D eigenvalue weighted by Crippen LogP contribution is -2.02. The molecule has 1 heterocycles. The zero-order valence-electron chi connectivity index (χ0n) is 10.8. The number of rotatable bonds is 2. The highest BCUT2D eigenvalue weighted by Crippen LogP contribution is 2.17. The smallest absolute Gasteiger partial charge is 0.193 e. The fourth-order valence-electron chi connectivity index (χ4n) is 2.14. The van der Waals surface area contributed by atoms with Crippen LogP contribution in [0.3, 0.4) is 0 Å². The van der Waals surface area contributed by atoms with Crippen molar-refractivity contribution < 1.29 is 9.18 Å². The Balaban J connectivity index is 2.07. The van der Waals surface area contributed by atoms with Gasteiger partial charge in [-0.05, 0) is 48.9 Å². The van der Waals surface area contributed by atoms with E-state index in [1.807, 2.05) is 0 Å². The number of ketones is 1. The van der Waals surface area contributed by atoms with Crippen molar-refractivity contribution in [1.29, 1.82) is 0 Å². The first-order valence-corrected chi connectivity index (χ1v) is 6.16. The van der Waals surface area contributed by atoms with Crippen molar-refractivity contribution in [1.82, 2.24) is 9.97 Å². The van der Waals surface area contributed by atoms with Crippen LogP contribution < -0.4 is 0 Å². The molecule has 20 heavy (non-hydrogen) atoms. The third kappa shape index (κ3) is 2.28. The summed E-state index contributed by atoms with van der Waals surface area (Å²) in [5, 5.41) is 0. The molecule has 2 aromatic carbocycles. The molecule has 0 atom stereocenters. The predicted molar refractivity (Wildman–Crippen MR) is 74.1 cm³/mol. The quantitative estimate of drug-likeness (QED) is 0.668. The van der Waals surface area contributed by atoms with Crippen LogP contribution >= 0.6 is 0 Å². The summed E-state index contributed by atoms with van der Waals surface area (Å²) in [6.07, 6.45) is 3.17. The van der Waals surface area contributed by atoms with Crippen LogP contribution in [0.4, 0.5) is 4.39 Å². The van der Waals surface area contributed by atoms with E-state index in [9.17, 15) is 9.18 Å². The lowest BCUT2D eigenvalue weighted by molar-refractivity contribution is 0.103. The van der Waals surface area contributed by atoms with E-state index >= 15 is 0 Å². The van der Waals surface area contributed by atoms with Gasteiger partial charge in [-0.3, -0.25) is 14.8 Å². The van der Waals surface area contributed by atoms with Crippen molar-refractivity contribution >= 4 is 16.8 Å². The largest absolute Gasteiger partial charge is 0.289 e. The number of fused-ring (bicyclic) bond motifs is 1. The predicted octanol–water partition coefficient (Wildman–Crippen LogP) is 3.31. The first-order chi connectivity index (χ1) is 9.63. The van der Waals surface area contributed by atoms with E-state index in [1.54, 1.807) is 43.6 Å². The molecular weight excluding hydrogens is 255 g/mol. The summed E-state index contributed by atoms with van der Waals surface area (Å²) >= 11 is 0. The SMILES string of the molecule is Cc1cc(F)cc(C(=O)c2ccc3nccnc3c2)c1. The van der Waals surface area contributed by atoms with Crippen LogP contribution in [0.1, 0.15) is 21.5 Å². The van der Waals surface area contributed by atoms with Gasteiger partial charge in [-0.2, -0.15) is 0 Å². The number of hydrogen-bond acceptors (Lipinski definition) is 3. The van der Waals surface area contributed by atoms with Crippen LogP contribution in [-0.2, 0) is 0 Å². The Hall–Kier alpha value is -2.62. The highest BCUT2D eigenvalue weighted by molar-refractivity contribution is 6.10. The molecule has 1 aromatic heterocycles. The molecule has 0 aliphatic carbocycles. The second-order valence-electron chi connectivity index (χ2n) is 4.61. The van der Waals surface area contributed by atoms with Gasteiger partial charge in [0.15, 0.2) is 5.78 Å². The van der Waals surface area contributed by atoms with E-state index in [2.05, 4.69) is 9.97 Å². The fraction of sp³-hybridized carbons (Fsp3) is 0.0625. The highest BCUT2D eigenvalue weighted by Gasteiger charge is 2.11. The van der Waals surface area contributed by atoms with E-state index in [4.69, 9.17) is 0 Å². The van der Waals surface area contributed by atoms with Crippen molar-refractivity contribution in [2.75, 3.05) is 0 Å². The summed E-state index contributed by atoms with van der Waals surface area (Å²) in [4.78, 5) is 20.7. The van der Waals surface area contributed by atoms with Crippen molar-refractivity contribution in [2.24, 2.45) is 0 Å². The van der Waals surface area contributed by atoms with E-state index in [0.29, 0.717) is 22.2 Å². The summed E-state index contributed by atoms with van der Waals surface area (Å²) in [5.41, 5.74) is 2.90. The Morgan fingerprint density at radius 2 is 1.70 bits per heavy atom. The van der Waals surface area contributed by atoms with Gasteiger partial charge in [0.25, 0.3) is 0 Å². The lowest BCUT2D eigenvalue weighted by Gasteiger charge is -2.04. The Kier molecular flexibility index (Phi) is 2.99. The average molecular weight is 266 g/mol. The molecule has 0 amide bonds. The molecule has 3 aromatic rings. The van der Waals surface area contributed by atoms with E-state index < -0.39 is 5.82 Å². The molecule has 98 valence electrons. The van der Waals surface area contributed by atoms with Gasteiger partial charge in [0, 0.05) is 23.5 Å². The summed E-state index contributed by atoms with van der Waals surface area (Å²) in [6.45, 7) is 1.76. The van der Waals surface area contributed by atoms with Crippen LogP contribution in [0.25, 0.3) is 11.0 Å². The minimum Gasteiger partial charge on any atom is -0.289 e. The Morgan fingerprint density at radius 1 is 0.950 bits per heavy atom. The minimum atomic E-state index is -0.408. The number of carbonyl (C=O) groups excluding carboxylic acids is 1. The number of aryl methyl sites for hydroxylation is 1. The molecule has 4 heteroatoms. The maximum Gasteiger partial charge on any atom is 0.193 e. The maximum atomic E-state index is 13.4. The molecule has 0 spiro atoms. The van der Waals surface area contributed by atoms with Crippen LogP contribution in [0, 0.1) is 12.7 Å². The van der Waals surface area contributed by atoms with Gasteiger partial charge in [0.2, 0.25) is 0 Å². The number of carbonyl (C=O) groups is 1. The molecule has 0 aliphatic rings. The summed E-state index contributed by atoms with van der Waals surface area (Å²) in [7, 11) is 0. The third-order valence-electron chi connectivity index (χ3n) is 3.04. The Bertz CT molecular complexity index is 794. The van der Waals surface area contributed by atoms with E-state index in [-0.39, 0.29) is 5.78 Å². The first-order valence-electron chi connectivity index (χ1n) is 6.16. The van der Waals surface area contributed by atoms with Crippen LogP contribution in [0.2, 0.25) is 0 Å². The maximum absolute atomic E-state index is 13.4. The van der Waals surface area contributed by atoms with Crippen LogP contribution in [-0.4, -0.2) is 15.8 Å². The molecule has 0 aliphatic heterocycles. The van der Waals surface area contributed by atoms with Crippen LogP contribution in [0.15, 0.2) is 48.8 Å². The van der Waals surface area contributed by atoms with E-state index in [1.165, 1.54) is 12.1 Å².